The number of hydrogen-bond donors (Lipinski definition) is 1. The van der Waals surface area contributed by atoms with Gasteiger partial charge in [0.15, 0.2) is 0 Å². The predicted molar refractivity (Wildman–Crippen MR) is 105 cm³/mol. The van der Waals surface area contributed by atoms with E-state index < -0.39 is 0 Å². The molecule has 26 heavy (non-hydrogen) atoms. The second-order valence-electron chi connectivity index (χ2n) is 6.69. The monoisotopic (exact) mass is 343 g/mol. The van der Waals surface area contributed by atoms with Crippen molar-refractivity contribution in [1.29, 1.82) is 0 Å². The highest BCUT2D eigenvalue weighted by atomic mass is 16.2. The molecule has 3 aromatic rings. The van der Waals surface area contributed by atoms with Crippen LogP contribution < -0.4 is 10.2 Å². The van der Waals surface area contributed by atoms with Gasteiger partial charge in [-0.2, -0.15) is 0 Å². The standard InChI is InChI=1S/C22H21N3O/c1-15-7-8-18(13-16(15)2)24-19-9-10-20(23-14-19)22(26)25-12-11-17-5-3-4-6-21(17)25/h3-10,13-14,24H,11-12H2,1-2H3. The third kappa shape index (κ3) is 3.06. The first-order chi connectivity index (χ1) is 12.6. The average molecular weight is 343 g/mol. The third-order valence-corrected chi connectivity index (χ3v) is 4.91. The maximum absolute atomic E-state index is 12.8. The topological polar surface area (TPSA) is 45.2 Å². The van der Waals surface area contributed by atoms with Crippen molar-refractivity contribution in [3.05, 3.63) is 83.2 Å². The minimum absolute atomic E-state index is 0.0484. The van der Waals surface area contributed by atoms with Gasteiger partial charge in [-0.05, 0) is 67.3 Å². The van der Waals surface area contributed by atoms with Crippen LogP contribution in [0.2, 0.25) is 0 Å². The Labute approximate surface area is 153 Å². The Balaban J connectivity index is 1.51. The Kier molecular flexibility index (Phi) is 4.17. The molecular formula is C22H21N3O. The molecular weight excluding hydrogens is 322 g/mol. The van der Waals surface area contributed by atoms with Gasteiger partial charge in [-0.25, -0.2) is 4.98 Å². The molecule has 2 aromatic carbocycles. The number of fused-ring (bicyclic) bond motifs is 1. The Morgan fingerprint density at radius 2 is 1.81 bits per heavy atom. The van der Waals surface area contributed by atoms with Crippen molar-refractivity contribution in [3.63, 3.8) is 0 Å². The molecule has 4 nitrogen and oxygen atoms in total. The molecule has 0 radical (unpaired) electrons. The van der Waals surface area contributed by atoms with E-state index in [0.717, 1.165) is 23.5 Å². The number of para-hydroxylation sites is 1. The van der Waals surface area contributed by atoms with E-state index in [-0.39, 0.29) is 5.91 Å². The Hall–Kier alpha value is -3.14. The molecule has 4 heteroatoms. The molecule has 2 heterocycles. The number of benzene rings is 2. The molecule has 0 spiro atoms. The summed E-state index contributed by atoms with van der Waals surface area (Å²) in [5, 5.41) is 3.34. The number of carbonyl (C=O) groups is 1. The van der Waals surface area contributed by atoms with Crippen LogP contribution in [0.5, 0.6) is 0 Å². The Morgan fingerprint density at radius 3 is 2.58 bits per heavy atom. The van der Waals surface area contributed by atoms with E-state index in [0.29, 0.717) is 12.2 Å². The molecule has 0 atom stereocenters. The number of aryl methyl sites for hydroxylation is 2. The first-order valence-electron chi connectivity index (χ1n) is 8.82. The molecule has 0 saturated carbocycles. The van der Waals surface area contributed by atoms with Gasteiger partial charge in [0.05, 0.1) is 11.9 Å². The van der Waals surface area contributed by atoms with Crippen LogP contribution in [0.3, 0.4) is 0 Å². The Morgan fingerprint density at radius 1 is 1.00 bits per heavy atom. The number of pyridine rings is 1. The van der Waals surface area contributed by atoms with Crippen LogP contribution in [0.25, 0.3) is 0 Å². The summed E-state index contributed by atoms with van der Waals surface area (Å²) < 4.78 is 0. The van der Waals surface area contributed by atoms with Crippen LogP contribution >= 0.6 is 0 Å². The summed E-state index contributed by atoms with van der Waals surface area (Å²) in [5.74, 6) is -0.0484. The van der Waals surface area contributed by atoms with E-state index in [4.69, 9.17) is 0 Å². The number of nitrogens with zero attached hydrogens (tertiary/aromatic N) is 2. The minimum atomic E-state index is -0.0484. The van der Waals surface area contributed by atoms with Gasteiger partial charge in [-0.15, -0.1) is 0 Å². The highest BCUT2D eigenvalue weighted by molar-refractivity contribution is 6.06. The summed E-state index contributed by atoms with van der Waals surface area (Å²) in [6, 6.07) is 18.0. The van der Waals surface area contributed by atoms with Crippen molar-refractivity contribution in [2.45, 2.75) is 20.3 Å². The summed E-state index contributed by atoms with van der Waals surface area (Å²) in [6.45, 7) is 4.90. The van der Waals surface area contributed by atoms with Gasteiger partial charge < -0.3 is 10.2 Å². The van der Waals surface area contributed by atoms with Gasteiger partial charge in [-0.1, -0.05) is 24.3 Å². The van der Waals surface area contributed by atoms with E-state index in [1.165, 1.54) is 16.7 Å². The molecule has 1 aliphatic rings. The number of nitrogens with one attached hydrogen (secondary N) is 1. The molecule has 1 aromatic heterocycles. The van der Waals surface area contributed by atoms with Crippen LogP contribution in [-0.4, -0.2) is 17.4 Å². The fourth-order valence-electron chi connectivity index (χ4n) is 3.27. The van der Waals surface area contributed by atoms with Crippen LogP contribution in [-0.2, 0) is 6.42 Å². The van der Waals surface area contributed by atoms with E-state index in [1.807, 2.05) is 35.2 Å². The highest BCUT2D eigenvalue weighted by Crippen LogP contribution is 2.28. The maximum atomic E-state index is 12.8. The molecule has 0 aliphatic carbocycles. The number of hydrogen-bond acceptors (Lipinski definition) is 3. The smallest absolute Gasteiger partial charge is 0.276 e. The lowest BCUT2D eigenvalue weighted by molar-refractivity contribution is 0.0984. The molecule has 0 fully saturated rings. The zero-order chi connectivity index (χ0) is 18.1. The van der Waals surface area contributed by atoms with Gasteiger partial charge in [0.1, 0.15) is 5.69 Å². The first kappa shape index (κ1) is 16.3. The summed E-state index contributed by atoms with van der Waals surface area (Å²) in [5.41, 5.74) is 7.06. The van der Waals surface area contributed by atoms with Crippen molar-refractivity contribution in [2.24, 2.45) is 0 Å². The van der Waals surface area contributed by atoms with Crippen molar-refractivity contribution < 1.29 is 4.79 Å². The minimum Gasteiger partial charge on any atom is -0.354 e. The van der Waals surface area contributed by atoms with Crippen LogP contribution in [0.1, 0.15) is 27.2 Å². The normalized spacial score (nSPS) is 12.8. The van der Waals surface area contributed by atoms with Crippen molar-refractivity contribution >= 4 is 23.0 Å². The average Bonchev–Trinajstić information content (AvgIpc) is 3.09. The molecule has 0 unspecified atom stereocenters. The fraction of sp³-hybridized carbons (Fsp3) is 0.182. The molecule has 0 saturated heterocycles. The lowest BCUT2D eigenvalue weighted by Gasteiger charge is -2.17. The van der Waals surface area contributed by atoms with Crippen molar-refractivity contribution in [3.8, 4) is 0 Å². The zero-order valence-corrected chi connectivity index (χ0v) is 15.0. The number of aromatic nitrogens is 1. The van der Waals surface area contributed by atoms with Gasteiger partial charge in [-0.3, -0.25) is 4.79 Å². The van der Waals surface area contributed by atoms with Gasteiger partial charge in [0.2, 0.25) is 0 Å². The van der Waals surface area contributed by atoms with Gasteiger partial charge >= 0.3 is 0 Å². The van der Waals surface area contributed by atoms with E-state index in [9.17, 15) is 4.79 Å². The maximum Gasteiger partial charge on any atom is 0.276 e. The number of carbonyl (C=O) groups excluding carboxylic acids is 1. The summed E-state index contributed by atoms with van der Waals surface area (Å²) in [7, 11) is 0. The van der Waals surface area contributed by atoms with Crippen LogP contribution in [0.15, 0.2) is 60.8 Å². The molecule has 1 amide bonds. The molecule has 0 bridgehead atoms. The summed E-state index contributed by atoms with van der Waals surface area (Å²) in [6.07, 6.45) is 2.61. The number of amides is 1. The predicted octanol–water partition coefficient (Wildman–Crippen LogP) is 4.64. The number of anilines is 3. The lowest BCUT2D eigenvalue weighted by atomic mass is 10.1. The van der Waals surface area contributed by atoms with E-state index in [1.54, 1.807) is 12.3 Å². The fourth-order valence-corrected chi connectivity index (χ4v) is 3.27. The molecule has 1 N–H and O–H groups in total. The van der Waals surface area contributed by atoms with Crippen molar-refractivity contribution in [2.75, 3.05) is 16.8 Å². The first-order valence-corrected chi connectivity index (χ1v) is 8.82. The Bertz CT molecular complexity index is 963. The zero-order valence-electron chi connectivity index (χ0n) is 15.0. The highest BCUT2D eigenvalue weighted by Gasteiger charge is 2.25. The van der Waals surface area contributed by atoms with Crippen molar-refractivity contribution in [1.82, 2.24) is 4.98 Å². The van der Waals surface area contributed by atoms with E-state index in [2.05, 4.69) is 42.3 Å². The largest absolute Gasteiger partial charge is 0.354 e. The SMILES string of the molecule is Cc1ccc(Nc2ccc(C(=O)N3CCc4ccccc43)nc2)cc1C. The van der Waals surface area contributed by atoms with E-state index >= 15 is 0 Å². The second kappa shape index (κ2) is 6.64. The van der Waals surface area contributed by atoms with Gasteiger partial charge in [0, 0.05) is 17.9 Å². The van der Waals surface area contributed by atoms with Crippen LogP contribution in [0.4, 0.5) is 17.1 Å². The second-order valence-corrected chi connectivity index (χ2v) is 6.69. The summed E-state index contributed by atoms with van der Waals surface area (Å²) in [4.78, 5) is 19.0. The quantitative estimate of drug-likeness (QED) is 0.753. The lowest BCUT2D eigenvalue weighted by Crippen LogP contribution is -2.29. The molecule has 4 rings (SSSR count). The molecule has 130 valence electrons. The van der Waals surface area contributed by atoms with Crippen LogP contribution in [0, 0.1) is 13.8 Å². The third-order valence-electron chi connectivity index (χ3n) is 4.91. The number of rotatable bonds is 3. The van der Waals surface area contributed by atoms with Gasteiger partial charge in [0.25, 0.3) is 5.91 Å². The summed E-state index contributed by atoms with van der Waals surface area (Å²) >= 11 is 0. The molecule has 1 aliphatic heterocycles.